The number of aromatic amines is 1. The molecule has 0 radical (unpaired) electrons. The van der Waals surface area contributed by atoms with Gasteiger partial charge in [0, 0.05) is 30.4 Å². The highest BCUT2D eigenvalue weighted by Gasteiger charge is 2.17. The number of nitrogens with zero attached hydrogens (tertiary/aromatic N) is 3. The number of hydrogen-bond acceptors (Lipinski definition) is 8. The number of imidazole rings is 1. The second-order valence-electron chi connectivity index (χ2n) is 9.44. The molecule has 10 nitrogen and oxygen atoms in total. The summed E-state index contributed by atoms with van der Waals surface area (Å²) in [6.45, 7) is 3.76. The van der Waals surface area contributed by atoms with Crippen LogP contribution in [0, 0.1) is 6.92 Å². The first-order valence-corrected chi connectivity index (χ1v) is 13.0. The summed E-state index contributed by atoms with van der Waals surface area (Å²) in [5.41, 5.74) is 4.07. The summed E-state index contributed by atoms with van der Waals surface area (Å²) >= 11 is 0. The van der Waals surface area contributed by atoms with Crippen LogP contribution in [0.3, 0.4) is 0 Å². The van der Waals surface area contributed by atoms with Gasteiger partial charge in [-0.2, -0.15) is 9.97 Å². The molecule has 2 aromatic heterocycles. The third-order valence-electron chi connectivity index (χ3n) is 6.63. The predicted molar refractivity (Wildman–Crippen MR) is 145 cm³/mol. The number of benzene rings is 1. The molecule has 0 bridgehead atoms. The Morgan fingerprint density at radius 1 is 1.19 bits per heavy atom. The lowest BCUT2D eigenvalue weighted by molar-refractivity contribution is -0.117. The Labute approximate surface area is 216 Å². The van der Waals surface area contributed by atoms with E-state index in [9.17, 15) is 4.79 Å². The SMILES string of the molecule is Cc1cc(OCCCNC(=O)C2=CCNC=C2)ccc1Nc1nc(NC2CCCCC2)c2[nH]cnc2n1. The number of ether oxygens (including phenoxy) is 1. The van der Waals surface area contributed by atoms with Gasteiger partial charge in [-0.1, -0.05) is 25.3 Å². The fourth-order valence-corrected chi connectivity index (χ4v) is 4.61. The van der Waals surface area contributed by atoms with E-state index in [2.05, 4.69) is 36.2 Å². The number of aryl methyl sites for hydroxylation is 1. The minimum absolute atomic E-state index is 0.0589. The molecule has 0 spiro atoms. The first-order chi connectivity index (χ1) is 18.2. The molecule has 2 aliphatic rings. The average molecular weight is 503 g/mol. The van der Waals surface area contributed by atoms with Crippen LogP contribution in [0.25, 0.3) is 11.2 Å². The van der Waals surface area contributed by atoms with Gasteiger partial charge < -0.3 is 31.0 Å². The molecule has 1 fully saturated rings. The summed E-state index contributed by atoms with van der Waals surface area (Å²) in [4.78, 5) is 29.0. The second kappa shape index (κ2) is 11.8. The maximum atomic E-state index is 12.1. The Balaban J connectivity index is 1.15. The molecule has 3 aromatic rings. The Hall–Kier alpha value is -4.08. The van der Waals surface area contributed by atoms with E-state index in [1.165, 1.54) is 19.3 Å². The molecule has 37 heavy (non-hydrogen) atoms. The number of rotatable bonds is 10. The van der Waals surface area contributed by atoms with E-state index in [0.717, 1.165) is 41.2 Å². The van der Waals surface area contributed by atoms with Crippen LogP contribution in [0.4, 0.5) is 17.5 Å². The van der Waals surface area contributed by atoms with Crippen LogP contribution in [0.2, 0.25) is 0 Å². The van der Waals surface area contributed by atoms with Gasteiger partial charge in [-0.15, -0.1) is 0 Å². The molecule has 0 atom stereocenters. The molecular formula is C27H34N8O2. The molecule has 194 valence electrons. The van der Waals surface area contributed by atoms with E-state index >= 15 is 0 Å². The molecule has 10 heteroatoms. The number of aromatic nitrogens is 4. The molecule has 1 aliphatic heterocycles. The summed E-state index contributed by atoms with van der Waals surface area (Å²) in [5.74, 6) is 2.01. The van der Waals surface area contributed by atoms with Gasteiger partial charge in [-0.05, 0) is 62.2 Å². The molecule has 1 amide bonds. The second-order valence-corrected chi connectivity index (χ2v) is 9.44. The number of H-pyrrole nitrogens is 1. The molecule has 1 aliphatic carbocycles. The molecule has 5 rings (SSSR count). The van der Waals surface area contributed by atoms with E-state index in [4.69, 9.17) is 9.72 Å². The van der Waals surface area contributed by atoms with Crippen LogP contribution in [0.15, 0.2) is 48.5 Å². The van der Waals surface area contributed by atoms with Crippen LogP contribution in [0.5, 0.6) is 5.75 Å². The zero-order valence-electron chi connectivity index (χ0n) is 21.1. The van der Waals surface area contributed by atoms with E-state index in [0.29, 0.717) is 49.3 Å². The molecule has 0 unspecified atom stereocenters. The van der Waals surface area contributed by atoms with Gasteiger partial charge in [0.15, 0.2) is 11.5 Å². The van der Waals surface area contributed by atoms with Crippen molar-refractivity contribution >= 4 is 34.5 Å². The van der Waals surface area contributed by atoms with Crippen molar-refractivity contribution in [2.45, 2.75) is 51.5 Å². The lowest BCUT2D eigenvalue weighted by Crippen LogP contribution is -2.28. The number of fused-ring (bicyclic) bond motifs is 1. The minimum Gasteiger partial charge on any atom is -0.494 e. The van der Waals surface area contributed by atoms with Crippen molar-refractivity contribution in [2.75, 3.05) is 30.3 Å². The van der Waals surface area contributed by atoms with Crippen LogP contribution < -0.4 is 26.0 Å². The van der Waals surface area contributed by atoms with Gasteiger partial charge in [0.25, 0.3) is 5.91 Å². The highest BCUT2D eigenvalue weighted by molar-refractivity contribution is 5.96. The Morgan fingerprint density at radius 3 is 2.89 bits per heavy atom. The monoisotopic (exact) mass is 502 g/mol. The average Bonchev–Trinajstić information content (AvgIpc) is 3.40. The standard InChI is InChI=1S/C27H34N8O2/c1-18-16-21(37-15-5-12-29-26(36)19-10-13-28-14-11-19)8-9-22(18)33-27-34-24-23(30-17-31-24)25(35-27)32-20-6-3-2-4-7-20/h8-11,13,16-17,20,28H,2-7,12,14-15H2,1H3,(H,29,36)(H3,30,31,32,33,34,35). The van der Waals surface area contributed by atoms with Gasteiger partial charge in [-0.25, -0.2) is 4.98 Å². The molecule has 3 heterocycles. The maximum Gasteiger partial charge on any atom is 0.251 e. The normalized spacial score (nSPS) is 15.6. The number of carbonyl (C=O) groups excluding carboxylic acids is 1. The third-order valence-corrected chi connectivity index (χ3v) is 6.63. The molecule has 1 saturated carbocycles. The molecule has 1 aromatic carbocycles. The highest BCUT2D eigenvalue weighted by Crippen LogP contribution is 2.28. The van der Waals surface area contributed by atoms with E-state index in [-0.39, 0.29) is 5.91 Å². The van der Waals surface area contributed by atoms with Gasteiger partial charge >= 0.3 is 0 Å². The number of amides is 1. The van der Waals surface area contributed by atoms with Crippen LogP contribution in [-0.2, 0) is 4.79 Å². The fourth-order valence-electron chi connectivity index (χ4n) is 4.61. The van der Waals surface area contributed by atoms with Crippen molar-refractivity contribution in [1.29, 1.82) is 0 Å². The summed E-state index contributed by atoms with van der Waals surface area (Å²) in [6.07, 6.45) is 13.9. The highest BCUT2D eigenvalue weighted by atomic mass is 16.5. The van der Waals surface area contributed by atoms with Crippen molar-refractivity contribution in [3.8, 4) is 5.75 Å². The first-order valence-electron chi connectivity index (χ1n) is 13.0. The van der Waals surface area contributed by atoms with Gasteiger partial charge in [-0.3, -0.25) is 4.79 Å². The predicted octanol–water partition coefficient (Wildman–Crippen LogP) is 4.08. The van der Waals surface area contributed by atoms with Crippen molar-refractivity contribution in [3.05, 3.63) is 54.0 Å². The van der Waals surface area contributed by atoms with Gasteiger partial charge in [0.1, 0.15) is 11.3 Å². The number of anilines is 3. The van der Waals surface area contributed by atoms with E-state index < -0.39 is 0 Å². The Kier molecular flexibility index (Phi) is 7.83. The van der Waals surface area contributed by atoms with Crippen LogP contribution >= 0.6 is 0 Å². The number of carbonyl (C=O) groups is 1. The fraction of sp³-hybridized carbons (Fsp3) is 0.407. The zero-order valence-corrected chi connectivity index (χ0v) is 21.1. The van der Waals surface area contributed by atoms with Crippen molar-refractivity contribution in [1.82, 2.24) is 30.6 Å². The lowest BCUT2D eigenvalue weighted by atomic mass is 9.95. The Bertz CT molecular complexity index is 1290. The van der Waals surface area contributed by atoms with Gasteiger partial charge in [0.2, 0.25) is 5.95 Å². The quantitative estimate of drug-likeness (QED) is 0.262. The number of nitrogens with one attached hydrogen (secondary N) is 5. The molecule has 5 N–H and O–H groups in total. The molecular weight excluding hydrogens is 468 g/mol. The zero-order chi connectivity index (χ0) is 25.5. The smallest absolute Gasteiger partial charge is 0.251 e. The Morgan fingerprint density at radius 2 is 2.08 bits per heavy atom. The molecule has 0 saturated heterocycles. The van der Waals surface area contributed by atoms with Crippen LogP contribution in [0.1, 0.15) is 44.1 Å². The summed E-state index contributed by atoms with van der Waals surface area (Å²) < 4.78 is 5.90. The maximum absolute atomic E-state index is 12.1. The van der Waals surface area contributed by atoms with Crippen molar-refractivity contribution in [3.63, 3.8) is 0 Å². The minimum atomic E-state index is -0.0589. The van der Waals surface area contributed by atoms with E-state index in [1.54, 1.807) is 18.6 Å². The largest absolute Gasteiger partial charge is 0.494 e. The topological polar surface area (TPSA) is 129 Å². The number of hydrogen-bond donors (Lipinski definition) is 5. The summed E-state index contributed by atoms with van der Waals surface area (Å²) in [6, 6.07) is 6.30. The number of dihydropyridines is 1. The van der Waals surface area contributed by atoms with Crippen molar-refractivity contribution < 1.29 is 9.53 Å². The summed E-state index contributed by atoms with van der Waals surface area (Å²) in [7, 11) is 0. The lowest BCUT2D eigenvalue weighted by Gasteiger charge is -2.23. The van der Waals surface area contributed by atoms with Crippen molar-refractivity contribution in [2.24, 2.45) is 0 Å². The van der Waals surface area contributed by atoms with Crippen LogP contribution in [-0.4, -0.2) is 51.6 Å². The van der Waals surface area contributed by atoms with E-state index in [1.807, 2.05) is 31.2 Å². The third kappa shape index (κ3) is 6.38. The summed E-state index contributed by atoms with van der Waals surface area (Å²) in [5, 5.41) is 12.9. The van der Waals surface area contributed by atoms with Gasteiger partial charge in [0.05, 0.1) is 12.9 Å². The first kappa shape index (κ1) is 24.6.